The molecule has 2 heterocycles. The van der Waals surface area contributed by atoms with Gasteiger partial charge in [0.05, 0.1) is 17.3 Å². The van der Waals surface area contributed by atoms with E-state index in [4.69, 9.17) is 9.94 Å². The molecule has 0 bridgehead atoms. The van der Waals surface area contributed by atoms with Gasteiger partial charge >= 0.3 is 5.97 Å². The number of aryl methyl sites for hydroxylation is 1. The maximum atomic E-state index is 12.2. The highest BCUT2D eigenvalue weighted by molar-refractivity contribution is 6.20. The average molecular weight is 358 g/mol. The number of carboxylic acids is 1. The van der Waals surface area contributed by atoms with E-state index >= 15 is 0 Å². The summed E-state index contributed by atoms with van der Waals surface area (Å²) >= 11 is 0. The number of hydrogen-bond acceptors (Lipinski definition) is 6. The zero-order valence-corrected chi connectivity index (χ0v) is 14.0. The molecule has 1 aliphatic rings. The van der Waals surface area contributed by atoms with Gasteiger partial charge in [-0.25, -0.2) is 0 Å². The molecule has 0 radical (unpaired) electrons. The van der Waals surface area contributed by atoms with Crippen LogP contribution in [-0.4, -0.2) is 42.9 Å². The molecule has 3 rings (SSSR count). The van der Waals surface area contributed by atoms with Gasteiger partial charge in [-0.1, -0.05) is 23.8 Å². The number of unbranched alkanes of at least 4 members (excludes halogenated alkanes) is 2. The van der Waals surface area contributed by atoms with E-state index in [0.29, 0.717) is 29.8 Å². The van der Waals surface area contributed by atoms with E-state index in [9.17, 15) is 14.4 Å². The molecule has 0 spiro atoms. The largest absolute Gasteiger partial charge is 0.481 e. The van der Waals surface area contributed by atoms with Gasteiger partial charge in [0.2, 0.25) is 0 Å². The van der Waals surface area contributed by atoms with Crippen molar-refractivity contribution in [1.82, 2.24) is 20.1 Å². The molecule has 0 fully saturated rings. The number of amides is 2. The second-order valence-corrected chi connectivity index (χ2v) is 5.90. The quantitative estimate of drug-likeness (QED) is 0.535. The number of hydrogen-bond donors (Lipinski definition) is 1. The normalized spacial score (nSPS) is 13.3. The third-order valence-electron chi connectivity index (χ3n) is 3.96. The molecular formula is C17H18N4O5. The summed E-state index contributed by atoms with van der Waals surface area (Å²) < 4.78 is 1.63. The Morgan fingerprint density at radius 2 is 1.77 bits per heavy atom. The van der Waals surface area contributed by atoms with Crippen molar-refractivity contribution in [2.45, 2.75) is 38.8 Å². The first-order valence-electron chi connectivity index (χ1n) is 8.28. The molecule has 136 valence electrons. The highest BCUT2D eigenvalue weighted by atomic mass is 16.7. The molecule has 1 aromatic heterocycles. The Bertz CT molecular complexity index is 797. The summed E-state index contributed by atoms with van der Waals surface area (Å²) in [6.07, 6.45) is 4.04. The van der Waals surface area contributed by atoms with E-state index in [-0.39, 0.29) is 13.0 Å². The summed E-state index contributed by atoms with van der Waals surface area (Å²) in [6, 6.07) is 6.55. The van der Waals surface area contributed by atoms with Crippen LogP contribution in [0.15, 0.2) is 30.5 Å². The van der Waals surface area contributed by atoms with Crippen molar-refractivity contribution in [1.29, 1.82) is 0 Å². The Balaban J connectivity index is 1.48. The van der Waals surface area contributed by atoms with Gasteiger partial charge in [-0.15, -0.1) is 10.2 Å². The molecule has 0 aliphatic carbocycles. The summed E-state index contributed by atoms with van der Waals surface area (Å²) in [7, 11) is 0. The lowest BCUT2D eigenvalue weighted by atomic mass is 10.1. The van der Waals surface area contributed by atoms with Gasteiger partial charge in [0.25, 0.3) is 11.8 Å². The number of carboxylic acid groups (broad SMARTS) is 1. The standard InChI is InChI=1S/C17H18N4O5/c22-15(23)8-2-1-5-9-20-10-12(18-19-20)11-26-21-16(24)13-6-3-4-7-14(13)17(21)25/h3-4,6-7,10H,1-2,5,8-9,11H2,(H,22,23). The van der Waals surface area contributed by atoms with E-state index in [1.807, 2.05) is 0 Å². The molecule has 0 saturated heterocycles. The highest BCUT2D eigenvalue weighted by Crippen LogP contribution is 2.23. The van der Waals surface area contributed by atoms with Crippen molar-refractivity contribution >= 4 is 17.8 Å². The number of benzene rings is 1. The van der Waals surface area contributed by atoms with Crippen molar-refractivity contribution in [2.75, 3.05) is 0 Å². The number of rotatable bonds is 9. The zero-order valence-electron chi connectivity index (χ0n) is 14.0. The monoisotopic (exact) mass is 358 g/mol. The second kappa shape index (κ2) is 7.87. The Hall–Kier alpha value is -3.07. The van der Waals surface area contributed by atoms with Gasteiger partial charge in [0.15, 0.2) is 0 Å². The van der Waals surface area contributed by atoms with Crippen LogP contribution in [0.25, 0.3) is 0 Å². The van der Waals surface area contributed by atoms with Gasteiger partial charge < -0.3 is 5.11 Å². The number of imide groups is 1. The molecule has 0 saturated carbocycles. The summed E-state index contributed by atoms with van der Waals surface area (Å²) in [5, 5.41) is 17.2. The molecule has 0 unspecified atom stereocenters. The first kappa shape index (κ1) is 17.7. The van der Waals surface area contributed by atoms with Crippen LogP contribution in [0.4, 0.5) is 0 Å². The number of carbonyl (C=O) groups is 3. The minimum absolute atomic E-state index is 0.0511. The molecule has 1 aromatic carbocycles. The Morgan fingerprint density at radius 3 is 2.42 bits per heavy atom. The molecule has 9 nitrogen and oxygen atoms in total. The predicted molar refractivity (Wildman–Crippen MR) is 87.9 cm³/mol. The fraction of sp³-hybridized carbons (Fsp3) is 0.353. The van der Waals surface area contributed by atoms with Crippen molar-refractivity contribution in [3.63, 3.8) is 0 Å². The fourth-order valence-electron chi connectivity index (χ4n) is 2.66. The zero-order chi connectivity index (χ0) is 18.5. The van der Waals surface area contributed by atoms with Gasteiger partial charge in [-0.2, -0.15) is 0 Å². The molecule has 1 aliphatic heterocycles. The van der Waals surface area contributed by atoms with Crippen molar-refractivity contribution in [2.24, 2.45) is 0 Å². The van der Waals surface area contributed by atoms with Gasteiger partial charge in [0.1, 0.15) is 12.3 Å². The van der Waals surface area contributed by atoms with Gasteiger partial charge in [-0.3, -0.25) is 23.9 Å². The maximum absolute atomic E-state index is 12.2. The van der Waals surface area contributed by atoms with Crippen LogP contribution in [0.2, 0.25) is 0 Å². The number of aromatic nitrogens is 3. The van der Waals surface area contributed by atoms with Crippen molar-refractivity contribution in [3.8, 4) is 0 Å². The van der Waals surface area contributed by atoms with E-state index in [1.165, 1.54) is 0 Å². The lowest BCUT2D eigenvalue weighted by Crippen LogP contribution is -2.29. The number of aliphatic carboxylic acids is 1. The van der Waals surface area contributed by atoms with Crippen molar-refractivity contribution in [3.05, 3.63) is 47.3 Å². The molecule has 0 atom stereocenters. The van der Waals surface area contributed by atoms with Crippen LogP contribution in [-0.2, 0) is 22.8 Å². The van der Waals surface area contributed by atoms with Gasteiger partial charge in [0, 0.05) is 13.0 Å². The molecule has 1 N–H and O–H groups in total. The minimum atomic E-state index is -0.793. The van der Waals surface area contributed by atoms with E-state index in [1.54, 1.807) is 35.1 Å². The Kier molecular flexibility index (Phi) is 5.37. The molecule has 2 aromatic rings. The number of carbonyl (C=O) groups excluding carboxylic acids is 2. The summed E-state index contributed by atoms with van der Waals surface area (Å²) in [5.41, 5.74) is 1.14. The van der Waals surface area contributed by atoms with Crippen molar-refractivity contribution < 1.29 is 24.3 Å². The molecule has 2 amide bonds. The van der Waals surface area contributed by atoms with E-state index < -0.39 is 17.8 Å². The van der Waals surface area contributed by atoms with E-state index in [2.05, 4.69) is 10.3 Å². The van der Waals surface area contributed by atoms with E-state index in [0.717, 1.165) is 17.9 Å². The van der Waals surface area contributed by atoms with Crippen LogP contribution >= 0.6 is 0 Å². The predicted octanol–water partition coefficient (Wildman–Crippen LogP) is 1.65. The van der Waals surface area contributed by atoms with Crippen LogP contribution in [0.5, 0.6) is 0 Å². The summed E-state index contributed by atoms with van der Waals surface area (Å²) in [6.45, 7) is 0.560. The maximum Gasteiger partial charge on any atom is 0.303 e. The second-order valence-electron chi connectivity index (χ2n) is 5.90. The van der Waals surface area contributed by atoms with Crippen LogP contribution in [0.3, 0.4) is 0 Å². The molecule has 9 heteroatoms. The lowest BCUT2D eigenvalue weighted by Gasteiger charge is -2.11. The topological polar surface area (TPSA) is 115 Å². The average Bonchev–Trinajstić information content (AvgIpc) is 3.17. The van der Waals surface area contributed by atoms with Crippen LogP contribution < -0.4 is 0 Å². The summed E-state index contributed by atoms with van der Waals surface area (Å²) in [4.78, 5) is 40.1. The first-order chi connectivity index (χ1) is 12.6. The number of fused-ring (bicyclic) bond motifs is 1. The van der Waals surface area contributed by atoms with Crippen LogP contribution in [0.1, 0.15) is 52.1 Å². The Labute approximate surface area is 149 Å². The minimum Gasteiger partial charge on any atom is -0.481 e. The number of nitrogens with zero attached hydrogens (tertiary/aromatic N) is 4. The van der Waals surface area contributed by atoms with Gasteiger partial charge in [-0.05, 0) is 25.0 Å². The third kappa shape index (κ3) is 3.94. The molecular weight excluding hydrogens is 340 g/mol. The Morgan fingerprint density at radius 1 is 1.08 bits per heavy atom. The smallest absolute Gasteiger partial charge is 0.303 e. The van der Waals surface area contributed by atoms with Crippen LogP contribution in [0, 0.1) is 0 Å². The lowest BCUT2D eigenvalue weighted by molar-refractivity contribution is -0.137. The first-order valence-corrected chi connectivity index (χ1v) is 8.28. The fourth-order valence-corrected chi connectivity index (χ4v) is 2.66. The SMILES string of the molecule is O=C(O)CCCCCn1cc(CON2C(=O)c3ccccc3C2=O)nn1. The number of hydroxylamine groups is 2. The third-order valence-corrected chi connectivity index (χ3v) is 3.96. The highest BCUT2D eigenvalue weighted by Gasteiger charge is 2.36. The summed E-state index contributed by atoms with van der Waals surface area (Å²) in [5.74, 6) is -1.77. The molecule has 26 heavy (non-hydrogen) atoms.